The summed E-state index contributed by atoms with van der Waals surface area (Å²) in [5.41, 5.74) is 1.67. The summed E-state index contributed by atoms with van der Waals surface area (Å²) in [6, 6.07) is 7.71. The third kappa shape index (κ3) is 7.77. The number of rotatable bonds is 7. The molecule has 1 aromatic heterocycles. The van der Waals surface area contributed by atoms with Gasteiger partial charge in [-0.05, 0) is 37.5 Å². The second-order valence-electron chi connectivity index (χ2n) is 8.61. The predicted octanol–water partition coefficient (Wildman–Crippen LogP) is 3.96. The van der Waals surface area contributed by atoms with Crippen LogP contribution in [0.2, 0.25) is 0 Å². The van der Waals surface area contributed by atoms with Gasteiger partial charge in [-0.1, -0.05) is 32.9 Å². The Morgan fingerprint density at radius 1 is 1.28 bits per heavy atom. The fourth-order valence-corrected chi connectivity index (χ4v) is 3.16. The number of nitrogens with one attached hydrogen (secondary N) is 3. The first-order valence-electron chi connectivity index (χ1n) is 10.8. The highest BCUT2D eigenvalue weighted by atomic mass is 127. The van der Waals surface area contributed by atoms with E-state index in [1.54, 1.807) is 6.20 Å². The molecule has 176 valence electrons. The van der Waals surface area contributed by atoms with Gasteiger partial charge in [0.2, 0.25) is 5.89 Å². The van der Waals surface area contributed by atoms with E-state index in [2.05, 4.69) is 46.7 Å². The molecule has 8 nitrogen and oxygen atoms in total. The number of nitrogens with zero attached hydrogens (tertiary/aromatic N) is 2. The monoisotopic (exact) mass is 555 g/mol. The Hall–Kier alpha value is -2.14. The van der Waals surface area contributed by atoms with E-state index in [9.17, 15) is 4.79 Å². The zero-order valence-corrected chi connectivity index (χ0v) is 21.6. The minimum absolute atomic E-state index is 0. The van der Waals surface area contributed by atoms with E-state index in [-0.39, 0.29) is 41.4 Å². The summed E-state index contributed by atoms with van der Waals surface area (Å²) in [7, 11) is 0. The summed E-state index contributed by atoms with van der Waals surface area (Å²) >= 11 is 0. The maximum absolute atomic E-state index is 12.3. The van der Waals surface area contributed by atoms with Gasteiger partial charge in [0.25, 0.3) is 5.91 Å². The van der Waals surface area contributed by atoms with Gasteiger partial charge in [0.15, 0.2) is 5.96 Å². The number of aromatic nitrogens is 1. The number of halogens is 1. The second-order valence-corrected chi connectivity index (χ2v) is 8.61. The molecule has 2 heterocycles. The van der Waals surface area contributed by atoms with E-state index in [0.717, 1.165) is 36.4 Å². The molecule has 1 amide bonds. The lowest BCUT2D eigenvalue weighted by Crippen LogP contribution is -2.36. The number of hydrogen-bond donors (Lipinski definition) is 3. The summed E-state index contributed by atoms with van der Waals surface area (Å²) in [4.78, 5) is 21.2. The van der Waals surface area contributed by atoms with Gasteiger partial charge in [-0.2, -0.15) is 0 Å². The molecule has 2 aromatic rings. The second kappa shape index (κ2) is 12.2. The van der Waals surface area contributed by atoms with Crippen molar-refractivity contribution in [3.63, 3.8) is 0 Å². The van der Waals surface area contributed by atoms with Crippen LogP contribution in [0.15, 0.2) is 39.9 Å². The van der Waals surface area contributed by atoms with Crippen LogP contribution < -0.4 is 16.0 Å². The Balaban J connectivity index is 0.00000363. The normalized spacial score (nSPS) is 16.4. The average molecular weight is 555 g/mol. The molecule has 0 spiro atoms. The highest BCUT2D eigenvalue weighted by Crippen LogP contribution is 2.22. The maximum atomic E-state index is 12.3. The average Bonchev–Trinajstić information content (AvgIpc) is 3.42. The van der Waals surface area contributed by atoms with E-state index in [4.69, 9.17) is 9.15 Å². The Labute approximate surface area is 207 Å². The van der Waals surface area contributed by atoms with Gasteiger partial charge >= 0.3 is 0 Å². The molecular weight excluding hydrogens is 521 g/mol. The number of aliphatic imine (C=N–C) groups is 1. The number of hydrogen-bond acceptors (Lipinski definition) is 5. The lowest BCUT2D eigenvalue weighted by Gasteiger charge is -2.13. The fraction of sp³-hybridized carbons (Fsp3) is 0.522. The Kier molecular flexibility index (Phi) is 9.95. The zero-order valence-electron chi connectivity index (χ0n) is 19.2. The number of anilines is 1. The predicted molar refractivity (Wildman–Crippen MR) is 136 cm³/mol. The van der Waals surface area contributed by atoms with Crippen LogP contribution in [-0.2, 0) is 28.0 Å². The molecule has 0 saturated carbocycles. The van der Waals surface area contributed by atoms with E-state index in [0.29, 0.717) is 31.5 Å². The molecule has 1 aliphatic rings. The highest BCUT2D eigenvalue weighted by molar-refractivity contribution is 14.0. The van der Waals surface area contributed by atoms with Gasteiger partial charge in [0, 0.05) is 24.3 Å². The van der Waals surface area contributed by atoms with Crippen molar-refractivity contribution >= 4 is 41.5 Å². The minimum Gasteiger partial charge on any atom is -0.443 e. The molecule has 3 N–H and O–H groups in total. The van der Waals surface area contributed by atoms with Crippen LogP contribution in [0.25, 0.3) is 0 Å². The lowest BCUT2D eigenvalue weighted by molar-refractivity contribution is -0.124. The van der Waals surface area contributed by atoms with E-state index >= 15 is 0 Å². The van der Waals surface area contributed by atoms with Gasteiger partial charge in [-0.3, -0.25) is 4.79 Å². The van der Waals surface area contributed by atoms with Crippen molar-refractivity contribution in [2.45, 2.75) is 65.1 Å². The van der Waals surface area contributed by atoms with Crippen molar-refractivity contribution in [1.82, 2.24) is 15.6 Å². The molecule has 1 atom stereocenters. The topological polar surface area (TPSA) is 101 Å². The Bertz CT molecular complexity index is 901. The smallest absolute Gasteiger partial charge is 0.253 e. The lowest BCUT2D eigenvalue weighted by atomic mass is 9.94. The summed E-state index contributed by atoms with van der Waals surface area (Å²) in [5, 5.41) is 9.41. The quantitative estimate of drug-likeness (QED) is 0.272. The number of carbonyl (C=O) groups is 1. The number of ether oxygens (including phenoxy) is 1. The first-order valence-corrected chi connectivity index (χ1v) is 10.8. The van der Waals surface area contributed by atoms with Crippen LogP contribution in [0.5, 0.6) is 0 Å². The molecule has 1 aromatic carbocycles. The van der Waals surface area contributed by atoms with Gasteiger partial charge in [0.05, 0.1) is 19.3 Å². The number of amides is 1. The molecule has 1 fully saturated rings. The molecule has 32 heavy (non-hydrogen) atoms. The number of oxazole rings is 1. The largest absolute Gasteiger partial charge is 0.443 e. The van der Waals surface area contributed by atoms with Crippen molar-refractivity contribution in [2.75, 3.05) is 18.5 Å². The van der Waals surface area contributed by atoms with Crippen molar-refractivity contribution in [3.8, 4) is 0 Å². The molecule has 1 unspecified atom stereocenters. The molecule has 0 aliphatic carbocycles. The standard InChI is InChI=1S/C23H33N5O3.HI/c1-5-24-22(27-15-20-25-14-19(31-20)23(2,3)4)26-13-16-8-6-9-17(12-16)28-21(29)18-10-7-11-30-18;/h6,8-9,12,14,18H,5,7,10-11,13,15H2,1-4H3,(H,28,29)(H2,24,26,27);1H. The van der Waals surface area contributed by atoms with Crippen LogP contribution in [0.3, 0.4) is 0 Å². The Morgan fingerprint density at radius 2 is 2.09 bits per heavy atom. The van der Waals surface area contributed by atoms with Crippen LogP contribution in [-0.4, -0.2) is 36.1 Å². The van der Waals surface area contributed by atoms with E-state index in [1.807, 2.05) is 31.2 Å². The van der Waals surface area contributed by atoms with Crippen LogP contribution in [0.4, 0.5) is 5.69 Å². The van der Waals surface area contributed by atoms with Gasteiger partial charge in [-0.25, -0.2) is 9.98 Å². The first-order chi connectivity index (χ1) is 14.8. The van der Waals surface area contributed by atoms with Crippen LogP contribution in [0, 0.1) is 0 Å². The van der Waals surface area contributed by atoms with Gasteiger partial charge in [-0.15, -0.1) is 24.0 Å². The summed E-state index contributed by atoms with van der Waals surface area (Å²) in [6.45, 7) is 10.6. The van der Waals surface area contributed by atoms with Crippen molar-refractivity contribution in [2.24, 2.45) is 4.99 Å². The van der Waals surface area contributed by atoms with Crippen LogP contribution >= 0.6 is 24.0 Å². The maximum Gasteiger partial charge on any atom is 0.253 e. The number of benzene rings is 1. The van der Waals surface area contributed by atoms with Gasteiger partial charge < -0.3 is 25.1 Å². The van der Waals surface area contributed by atoms with Crippen molar-refractivity contribution < 1.29 is 13.9 Å². The highest BCUT2D eigenvalue weighted by Gasteiger charge is 2.23. The van der Waals surface area contributed by atoms with E-state index in [1.165, 1.54) is 0 Å². The molecule has 9 heteroatoms. The molecule has 0 bridgehead atoms. The molecule has 1 saturated heterocycles. The van der Waals surface area contributed by atoms with E-state index < -0.39 is 0 Å². The summed E-state index contributed by atoms with van der Waals surface area (Å²) in [5.74, 6) is 2.06. The fourth-order valence-electron chi connectivity index (χ4n) is 3.16. The van der Waals surface area contributed by atoms with Crippen molar-refractivity contribution in [3.05, 3.63) is 47.7 Å². The minimum atomic E-state index is -0.347. The third-order valence-corrected chi connectivity index (χ3v) is 4.88. The van der Waals surface area contributed by atoms with Crippen LogP contribution in [0.1, 0.15) is 57.8 Å². The summed E-state index contributed by atoms with van der Waals surface area (Å²) in [6.07, 6.45) is 3.13. The van der Waals surface area contributed by atoms with Crippen molar-refractivity contribution in [1.29, 1.82) is 0 Å². The molecular formula is C23H34IN5O3. The SMILES string of the molecule is CCNC(=NCc1cccc(NC(=O)C2CCCO2)c1)NCc1ncc(C(C)(C)C)o1.I. The Morgan fingerprint density at radius 3 is 2.75 bits per heavy atom. The first kappa shape index (κ1) is 26.1. The molecule has 0 radical (unpaired) electrons. The molecule has 1 aliphatic heterocycles. The number of carbonyl (C=O) groups excluding carboxylic acids is 1. The summed E-state index contributed by atoms with van der Waals surface area (Å²) < 4.78 is 11.3. The molecule has 3 rings (SSSR count). The number of guanidine groups is 1. The third-order valence-electron chi connectivity index (χ3n) is 4.88. The zero-order chi connectivity index (χ0) is 22.3. The van der Waals surface area contributed by atoms with Gasteiger partial charge in [0.1, 0.15) is 11.9 Å².